The van der Waals surface area contributed by atoms with Crippen LogP contribution in [0.1, 0.15) is 15.9 Å². The second-order valence-electron chi connectivity index (χ2n) is 7.30. The summed E-state index contributed by atoms with van der Waals surface area (Å²) in [6, 6.07) is 12.5. The third kappa shape index (κ3) is 6.79. The molecule has 0 saturated heterocycles. The molecule has 3 aromatic rings. The van der Waals surface area contributed by atoms with Crippen molar-refractivity contribution in [3.63, 3.8) is 0 Å². The molecule has 0 saturated carbocycles. The molecule has 0 aliphatic carbocycles. The molecule has 36 heavy (non-hydrogen) atoms. The zero-order valence-electron chi connectivity index (χ0n) is 18.6. The van der Waals surface area contributed by atoms with Crippen molar-refractivity contribution in [2.24, 2.45) is 0 Å². The molecule has 5 nitrogen and oxygen atoms in total. The number of carbonyl (C=O) groups excluding carboxylic acids is 2. The average molecular weight is 528 g/mol. The summed E-state index contributed by atoms with van der Waals surface area (Å²) in [5.74, 6) is -5.04. The van der Waals surface area contributed by atoms with E-state index in [4.69, 9.17) is 4.74 Å². The topological polar surface area (TPSA) is 49.9 Å². The van der Waals surface area contributed by atoms with Crippen molar-refractivity contribution in [3.05, 3.63) is 95.3 Å². The molecule has 0 aromatic heterocycles. The highest BCUT2D eigenvalue weighted by atomic mass is 32.2. The molecule has 3 amide bonds. The maximum Gasteiger partial charge on any atom is 0.446 e. The number of hydrogen-bond acceptors (Lipinski definition) is 4. The van der Waals surface area contributed by atoms with Gasteiger partial charge in [0.25, 0.3) is 5.91 Å². The Balaban J connectivity index is 1.88. The summed E-state index contributed by atoms with van der Waals surface area (Å²) in [6.07, 6.45) is 0. The molecule has 0 N–H and O–H groups in total. The Hall–Kier alpha value is -3.51. The van der Waals surface area contributed by atoms with E-state index < -0.39 is 69.5 Å². The first kappa shape index (κ1) is 27.1. The second kappa shape index (κ2) is 11.5. The van der Waals surface area contributed by atoms with E-state index in [2.05, 4.69) is 0 Å². The molecule has 190 valence electrons. The monoisotopic (exact) mass is 528 g/mol. The van der Waals surface area contributed by atoms with Gasteiger partial charge < -0.3 is 4.74 Å². The minimum absolute atomic E-state index is 0.0703. The van der Waals surface area contributed by atoms with E-state index in [0.29, 0.717) is 21.4 Å². The lowest BCUT2D eigenvalue weighted by atomic mass is 10.1. The first-order chi connectivity index (χ1) is 17.0. The lowest BCUT2D eigenvalue weighted by Crippen LogP contribution is -2.46. The molecule has 0 aliphatic rings. The number of halogens is 6. The van der Waals surface area contributed by atoms with Crippen LogP contribution in [0, 0.1) is 17.5 Å². The zero-order chi connectivity index (χ0) is 26.5. The Labute approximate surface area is 206 Å². The van der Waals surface area contributed by atoms with Crippen molar-refractivity contribution in [2.45, 2.75) is 17.0 Å². The third-order valence-electron chi connectivity index (χ3n) is 4.79. The van der Waals surface area contributed by atoms with Gasteiger partial charge in [-0.3, -0.25) is 9.69 Å². The molecule has 3 rings (SSSR count). The third-order valence-corrected chi connectivity index (χ3v) is 5.51. The van der Waals surface area contributed by atoms with Crippen LogP contribution < -0.4 is 4.90 Å². The Morgan fingerprint density at radius 2 is 1.53 bits per heavy atom. The standard InChI is InChI=1S/C24H18F6N2O3S/c1-31(20-11-10-16(12-19(20)27)36-24(28,29)30)23(34)32(14-35-13-15-6-3-2-4-7-15)22(33)21-17(25)8-5-9-18(21)26/h2-12H,13-14H2,1H3. The molecule has 0 spiro atoms. The lowest BCUT2D eigenvalue weighted by molar-refractivity contribution is -0.0328. The van der Waals surface area contributed by atoms with Gasteiger partial charge in [0.2, 0.25) is 0 Å². The van der Waals surface area contributed by atoms with Crippen LogP contribution in [0.4, 0.5) is 36.8 Å². The summed E-state index contributed by atoms with van der Waals surface area (Å²) >= 11 is -0.547. The number of urea groups is 1. The smallest absolute Gasteiger partial charge is 0.356 e. The van der Waals surface area contributed by atoms with Gasteiger partial charge in [-0.2, -0.15) is 13.2 Å². The molecule has 0 radical (unpaired) electrons. The number of amides is 3. The molecule has 12 heteroatoms. The van der Waals surface area contributed by atoms with Gasteiger partial charge in [0.05, 0.1) is 12.3 Å². The van der Waals surface area contributed by atoms with Gasteiger partial charge in [-0.25, -0.2) is 22.9 Å². The number of thioether (sulfide) groups is 1. The fourth-order valence-electron chi connectivity index (χ4n) is 3.11. The number of anilines is 1. The SMILES string of the molecule is CN(C(=O)N(COCc1ccccc1)C(=O)c1c(F)cccc1F)c1ccc(SC(F)(F)F)cc1F. The number of rotatable bonds is 7. The van der Waals surface area contributed by atoms with Crippen LogP contribution in [-0.2, 0) is 11.3 Å². The average Bonchev–Trinajstić information content (AvgIpc) is 2.80. The summed E-state index contributed by atoms with van der Waals surface area (Å²) in [5.41, 5.74) is -5.48. The van der Waals surface area contributed by atoms with Crippen LogP contribution >= 0.6 is 11.8 Å². The lowest BCUT2D eigenvalue weighted by Gasteiger charge is -2.27. The molecule has 0 aliphatic heterocycles. The van der Waals surface area contributed by atoms with Gasteiger partial charge in [-0.1, -0.05) is 36.4 Å². The van der Waals surface area contributed by atoms with Crippen molar-refractivity contribution in [3.8, 4) is 0 Å². The molecule has 0 fully saturated rings. The van der Waals surface area contributed by atoms with Crippen molar-refractivity contribution in [1.29, 1.82) is 0 Å². The Bertz CT molecular complexity index is 1220. The number of benzene rings is 3. The van der Waals surface area contributed by atoms with Crippen molar-refractivity contribution >= 4 is 29.4 Å². The van der Waals surface area contributed by atoms with Crippen LogP contribution in [0.5, 0.6) is 0 Å². The van der Waals surface area contributed by atoms with Gasteiger partial charge in [0.15, 0.2) is 0 Å². The summed E-state index contributed by atoms with van der Waals surface area (Å²) < 4.78 is 86.3. The fourth-order valence-corrected chi connectivity index (χ4v) is 3.67. The van der Waals surface area contributed by atoms with Crippen LogP contribution in [-0.4, -0.2) is 36.1 Å². The Morgan fingerprint density at radius 3 is 2.11 bits per heavy atom. The fraction of sp³-hybridized carbons (Fsp3) is 0.167. The largest absolute Gasteiger partial charge is 0.446 e. The number of ether oxygens (including phenoxy) is 1. The normalized spacial score (nSPS) is 11.3. The minimum Gasteiger partial charge on any atom is -0.356 e. The van der Waals surface area contributed by atoms with Crippen LogP contribution in [0.3, 0.4) is 0 Å². The van der Waals surface area contributed by atoms with E-state index in [1.807, 2.05) is 0 Å². The predicted molar refractivity (Wildman–Crippen MR) is 121 cm³/mol. The molecule has 0 bridgehead atoms. The maximum atomic E-state index is 14.6. The van der Waals surface area contributed by atoms with E-state index in [1.165, 1.54) is 0 Å². The van der Waals surface area contributed by atoms with Gasteiger partial charge in [-0.15, -0.1) is 0 Å². The van der Waals surface area contributed by atoms with E-state index in [-0.39, 0.29) is 6.61 Å². The summed E-state index contributed by atoms with van der Waals surface area (Å²) in [7, 11) is 1.05. The number of hydrogen-bond donors (Lipinski definition) is 0. The quantitative estimate of drug-likeness (QED) is 0.197. The molecule has 3 aromatic carbocycles. The molecule has 0 unspecified atom stereocenters. The van der Waals surface area contributed by atoms with E-state index in [9.17, 15) is 35.9 Å². The summed E-state index contributed by atoms with van der Waals surface area (Å²) in [5, 5.41) is 0. The number of carbonyl (C=O) groups is 2. The summed E-state index contributed by atoms with van der Waals surface area (Å²) in [6.45, 7) is -0.826. The molecular formula is C24H18F6N2O3S. The number of nitrogens with zero attached hydrogens (tertiary/aromatic N) is 2. The van der Waals surface area contributed by atoms with Crippen LogP contribution in [0.25, 0.3) is 0 Å². The second-order valence-corrected chi connectivity index (χ2v) is 8.43. The highest BCUT2D eigenvalue weighted by molar-refractivity contribution is 8.00. The molecule has 0 atom stereocenters. The summed E-state index contributed by atoms with van der Waals surface area (Å²) in [4.78, 5) is 26.7. The first-order valence-corrected chi connectivity index (χ1v) is 11.0. The highest BCUT2D eigenvalue weighted by Crippen LogP contribution is 2.38. The zero-order valence-corrected chi connectivity index (χ0v) is 19.4. The van der Waals surface area contributed by atoms with E-state index >= 15 is 0 Å². The predicted octanol–water partition coefficient (Wildman–Crippen LogP) is 6.59. The number of alkyl halides is 3. The van der Waals surface area contributed by atoms with Crippen LogP contribution in [0.15, 0.2) is 71.6 Å². The van der Waals surface area contributed by atoms with Gasteiger partial charge in [0.1, 0.15) is 29.7 Å². The Morgan fingerprint density at radius 1 is 0.889 bits per heavy atom. The van der Waals surface area contributed by atoms with Crippen molar-refractivity contribution < 1.29 is 40.7 Å². The van der Waals surface area contributed by atoms with E-state index in [0.717, 1.165) is 37.4 Å². The Kier molecular flexibility index (Phi) is 8.64. The van der Waals surface area contributed by atoms with Crippen molar-refractivity contribution in [2.75, 3.05) is 18.7 Å². The van der Waals surface area contributed by atoms with Gasteiger partial charge >= 0.3 is 11.5 Å². The molecule has 0 heterocycles. The van der Waals surface area contributed by atoms with Gasteiger partial charge in [-0.05, 0) is 47.7 Å². The highest BCUT2D eigenvalue weighted by Gasteiger charge is 2.33. The van der Waals surface area contributed by atoms with Crippen LogP contribution in [0.2, 0.25) is 0 Å². The minimum atomic E-state index is -4.65. The number of imide groups is 1. The first-order valence-electron chi connectivity index (χ1n) is 10.2. The van der Waals surface area contributed by atoms with Gasteiger partial charge in [0, 0.05) is 11.9 Å². The molecular weight excluding hydrogens is 510 g/mol. The van der Waals surface area contributed by atoms with E-state index in [1.54, 1.807) is 30.3 Å². The van der Waals surface area contributed by atoms with Crippen molar-refractivity contribution in [1.82, 2.24) is 4.90 Å². The maximum absolute atomic E-state index is 14.6.